The Morgan fingerprint density at radius 3 is 2.44 bits per heavy atom. The highest BCUT2D eigenvalue weighted by Gasteiger charge is 2.36. The van der Waals surface area contributed by atoms with Crippen LogP contribution in [0.25, 0.3) is 0 Å². The summed E-state index contributed by atoms with van der Waals surface area (Å²) < 4.78 is 9.62. The predicted molar refractivity (Wildman–Crippen MR) is 63.1 cm³/mol. The van der Waals surface area contributed by atoms with E-state index in [1.54, 1.807) is 20.8 Å². The van der Waals surface area contributed by atoms with Gasteiger partial charge >= 0.3 is 12.2 Å². The van der Waals surface area contributed by atoms with Gasteiger partial charge in [-0.3, -0.25) is 0 Å². The molecule has 1 rings (SSSR count). The number of β-amino-alcohol motifs (C(OH)–C–C–N with tert-alkyl or cyclic N) is 1. The molecule has 0 spiro atoms. The summed E-state index contributed by atoms with van der Waals surface area (Å²) in [7, 11) is 1.27. The minimum Gasteiger partial charge on any atom is -0.453 e. The number of carbonyl (C=O) groups is 2. The molecule has 0 radical (unpaired) electrons. The van der Waals surface area contributed by atoms with Crippen LogP contribution in [0.2, 0.25) is 0 Å². The molecule has 18 heavy (non-hydrogen) atoms. The first kappa shape index (κ1) is 14.6. The number of hydrogen-bond donors (Lipinski definition) is 2. The molecule has 1 aliphatic heterocycles. The van der Waals surface area contributed by atoms with Crippen LogP contribution in [0.5, 0.6) is 0 Å². The molecular formula is C11H20N2O5. The van der Waals surface area contributed by atoms with E-state index in [1.165, 1.54) is 12.0 Å². The fraction of sp³-hybridized carbons (Fsp3) is 0.818. The molecule has 0 saturated carbocycles. The molecule has 0 aliphatic carbocycles. The maximum Gasteiger partial charge on any atom is 0.409 e. The standard InChI is InChI=1S/C11H20N2O5/c1-11(2,3)18-9(15)12-7-5-13(6-8(7)14)10(16)17-4/h7-8,14H,5-6H2,1-4H3,(H,12,15). The Hall–Kier alpha value is -1.50. The Morgan fingerprint density at radius 2 is 1.94 bits per heavy atom. The Morgan fingerprint density at radius 1 is 1.33 bits per heavy atom. The van der Waals surface area contributed by atoms with Gasteiger partial charge in [-0.1, -0.05) is 0 Å². The summed E-state index contributed by atoms with van der Waals surface area (Å²) in [5, 5.41) is 12.3. The third kappa shape index (κ3) is 4.06. The molecule has 7 nitrogen and oxygen atoms in total. The lowest BCUT2D eigenvalue weighted by Crippen LogP contribution is -2.45. The summed E-state index contributed by atoms with van der Waals surface area (Å²) in [6.07, 6.45) is -1.96. The molecule has 1 saturated heterocycles. The quantitative estimate of drug-likeness (QED) is 0.709. The number of amides is 2. The van der Waals surface area contributed by atoms with Crippen molar-refractivity contribution in [3.63, 3.8) is 0 Å². The molecule has 0 bridgehead atoms. The van der Waals surface area contributed by atoms with E-state index in [4.69, 9.17) is 4.74 Å². The molecule has 0 aromatic carbocycles. The molecule has 2 unspecified atom stereocenters. The van der Waals surface area contributed by atoms with Crippen LogP contribution < -0.4 is 5.32 Å². The molecule has 0 aromatic heterocycles. The second-order valence-electron chi connectivity index (χ2n) is 5.20. The zero-order valence-electron chi connectivity index (χ0n) is 11.1. The van der Waals surface area contributed by atoms with E-state index in [0.717, 1.165) is 0 Å². The van der Waals surface area contributed by atoms with Gasteiger partial charge in [-0.05, 0) is 20.8 Å². The number of rotatable bonds is 1. The summed E-state index contributed by atoms with van der Waals surface area (Å²) in [6.45, 7) is 5.58. The van der Waals surface area contributed by atoms with Crippen molar-refractivity contribution in [1.82, 2.24) is 10.2 Å². The van der Waals surface area contributed by atoms with Crippen molar-refractivity contribution in [1.29, 1.82) is 0 Å². The number of aliphatic hydroxyl groups excluding tert-OH is 1. The summed E-state index contributed by atoms with van der Waals surface area (Å²) in [5.74, 6) is 0. The van der Waals surface area contributed by atoms with Crippen LogP contribution in [-0.2, 0) is 9.47 Å². The highest BCUT2D eigenvalue weighted by atomic mass is 16.6. The lowest BCUT2D eigenvalue weighted by molar-refractivity contribution is 0.0461. The zero-order chi connectivity index (χ0) is 13.9. The maximum atomic E-state index is 11.5. The van der Waals surface area contributed by atoms with Crippen LogP contribution in [0.1, 0.15) is 20.8 Å². The molecule has 1 aliphatic rings. The van der Waals surface area contributed by atoms with E-state index in [0.29, 0.717) is 0 Å². The smallest absolute Gasteiger partial charge is 0.409 e. The van der Waals surface area contributed by atoms with Gasteiger partial charge in [-0.25, -0.2) is 9.59 Å². The first-order chi connectivity index (χ1) is 8.23. The highest BCUT2D eigenvalue weighted by molar-refractivity contribution is 5.70. The van der Waals surface area contributed by atoms with Gasteiger partial charge in [-0.15, -0.1) is 0 Å². The number of nitrogens with zero attached hydrogens (tertiary/aromatic N) is 1. The predicted octanol–water partition coefficient (Wildman–Crippen LogP) is 0.323. The minimum atomic E-state index is -0.823. The van der Waals surface area contributed by atoms with Gasteiger partial charge < -0.3 is 24.8 Å². The van der Waals surface area contributed by atoms with Crippen molar-refractivity contribution in [3.8, 4) is 0 Å². The van der Waals surface area contributed by atoms with Crippen LogP contribution in [-0.4, -0.2) is 60.1 Å². The topological polar surface area (TPSA) is 88.1 Å². The Balaban J connectivity index is 2.49. The van der Waals surface area contributed by atoms with Crippen LogP contribution in [0, 0.1) is 0 Å². The number of hydrogen-bond acceptors (Lipinski definition) is 5. The minimum absolute atomic E-state index is 0.132. The van der Waals surface area contributed by atoms with Crippen LogP contribution >= 0.6 is 0 Å². The molecule has 1 fully saturated rings. The van der Waals surface area contributed by atoms with Crippen molar-refractivity contribution in [2.45, 2.75) is 38.5 Å². The number of carbonyl (C=O) groups excluding carboxylic acids is 2. The Kier molecular flexibility index (Phi) is 4.39. The van der Waals surface area contributed by atoms with E-state index >= 15 is 0 Å². The van der Waals surface area contributed by atoms with Gasteiger partial charge in [0.05, 0.1) is 25.8 Å². The SMILES string of the molecule is COC(=O)N1CC(O)C(NC(=O)OC(C)(C)C)C1. The Labute approximate surface area is 106 Å². The summed E-state index contributed by atoms with van der Waals surface area (Å²) in [4.78, 5) is 24.1. The lowest BCUT2D eigenvalue weighted by atomic mass is 10.2. The normalized spacial score (nSPS) is 23.7. The largest absolute Gasteiger partial charge is 0.453 e. The van der Waals surface area contributed by atoms with E-state index in [1.807, 2.05) is 0 Å². The van der Waals surface area contributed by atoms with Crippen LogP contribution in [0.3, 0.4) is 0 Å². The first-order valence-corrected chi connectivity index (χ1v) is 5.73. The fourth-order valence-corrected chi connectivity index (χ4v) is 1.67. The Bertz CT molecular complexity index is 326. The summed E-state index contributed by atoms with van der Waals surface area (Å²) >= 11 is 0. The van der Waals surface area contributed by atoms with Gasteiger partial charge in [0.25, 0.3) is 0 Å². The van der Waals surface area contributed by atoms with E-state index < -0.39 is 29.9 Å². The average Bonchev–Trinajstić information content (AvgIpc) is 2.56. The zero-order valence-corrected chi connectivity index (χ0v) is 11.1. The van der Waals surface area contributed by atoms with Crippen molar-refractivity contribution < 1.29 is 24.2 Å². The molecule has 2 atom stereocenters. The van der Waals surface area contributed by atoms with Gasteiger partial charge in [0.1, 0.15) is 5.60 Å². The molecule has 104 valence electrons. The molecule has 2 amide bonds. The molecule has 0 aromatic rings. The summed E-state index contributed by atoms with van der Waals surface area (Å²) in [5.41, 5.74) is -0.602. The molecule has 7 heteroatoms. The third-order valence-corrected chi connectivity index (χ3v) is 2.42. The average molecular weight is 260 g/mol. The van der Waals surface area contributed by atoms with Crippen molar-refractivity contribution in [3.05, 3.63) is 0 Å². The van der Waals surface area contributed by atoms with Gasteiger partial charge in [0.2, 0.25) is 0 Å². The van der Waals surface area contributed by atoms with E-state index in [9.17, 15) is 14.7 Å². The van der Waals surface area contributed by atoms with Gasteiger partial charge in [0, 0.05) is 6.54 Å². The van der Waals surface area contributed by atoms with Crippen molar-refractivity contribution in [2.24, 2.45) is 0 Å². The number of aliphatic hydroxyl groups is 1. The fourth-order valence-electron chi connectivity index (χ4n) is 1.67. The second kappa shape index (κ2) is 5.43. The van der Waals surface area contributed by atoms with Crippen LogP contribution in [0.15, 0.2) is 0 Å². The number of likely N-dealkylation sites (tertiary alicyclic amines) is 1. The number of alkyl carbamates (subject to hydrolysis) is 1. The third-order valence-electron chi connectivity index (χ3n) is 2.42. The van der Waals surface area contributed by atoms with Crippen molar-refractivity contribution in [2.75, 3.05) is 20.2 Å². The molecule has 1 heterocycles. The number of nitrogens with one attached hydrogen (secondary N) is 1. The van der Waals surface area contributed by atoms with Gasteiger partial charge in [0.15, 0.2) is 0 Å². The number of ether oxygens (including phenoxy) is 2. The molecule has 2 N–H and O–H groups in total. The lowest BCUT2D eigenvalue weighted by Gasteiger charge is -2.22. The highest BCUT2D eigenvalue weighted by Crippen LogP contribution is 2.13. The monoisotopic (exact) mass is 260 g/mol. The summed E-state index contributed by atoms with van der Waals surface area (Å²) in [6, 6.07) is -0.543. The maximum absolute atomic E-state index is 11.5. The van der Waals surface area contributed by atoms with E-state index in [2.05, 4.69) is 10.1 Å². The first-order valence-electron chi connectivity index (χ1n) is 5.73. The van der Waals surface area contributed by atoms with Crippen molar-refractivity contribution >= 4 is 12.2 Å². The van der Waals surface area contributed by atoms with E-state index in [-0.39, 0.29) is 13.1 Å². The van der Waals surface area contributed by atoms with Gasteiger partial charge in [-0.2, -0.15) is 0 Å². The number of methoxy groups -OCH3 is 1. The van der Waals surface area contributed by atoms with Crippen LogP contribution in [0.4, 0.5) is 9.59 Å². The molecular weight excluding hydrogens is 240 g/mol. The second-order valence-corrected chi connectivity index (χ2v) is 5.20.